The molecule has 3 heteroatoms. The highest BCUT2D eigenvalue weighted by Crippen LogP contribution is 2.24. The van der Waals surface area contributed by atoms with Crippen LogP contribution in [0.3, 0.4) is 0 Å². The van der Waals surface area contributed by atoms with Gasteiger partial charge in [-0.2, -0.15) is 0 Å². The number of benzene rings is 2. The van der Waals surface area contributed by atoms with E-state index >= 15 is 0 Å². The summed E-state index contributed by atoms with van der Waals surface area (Å²) in [7, 11) is 0. The molecule has 1 aromatic heterocycles. The Morgan fingerprint density at radius 1 is 1.04 bits per heavy atom. The molecular formula is C20H25N3. The van der Waals surface area contributed by atoms with E-state index in [2.05, 4.69) is 68.7 Å². The van der Waals surface area contributed by atoms with Gasteiger partial charge in [-0.25, -0.2) is 4.98 Å². The average molecular weight is 307 g/mol. The maximum Gasteiger partial charge on any atom is 0.114 e. The maximum absolute atomic E-state index is 6.30. The highest BCUT2D eigenvalue weighted by atomic mass is 15.1. The second-order valence-electron chi connectivity index (χ2n) is 7.19. The van der Waals surface area contributed by atoms with Crippen LogP contribution in [-0.4, -0.2) is 15.1 Å². The van der Waals surface area contributed by atoms with Crippen molar-refractivity contribution < 1.29 is 0 Å². The molecule has 0 unspecified atom stereocenters. The fourth-order valence-electron chi connectivity index (χ4n) is 2.93. The molecule has 120 valence electrons. The lowest BCUT2D eigenvalue weighted by molar-refractivity contribution is 0.433. The Balaban J connectivity index is 2.13. The van der Waals surface area contributed by atoms with E-state index in [9.17, 15) is 0 Å². The van der Waals surface area contributed by atoms with E-state index in [1.54, 1.807) is 0 Å². The molecule has 1 heterocycles. The molecule has 0 aliphatic rings. The number of fused-ring (bicyclic) bond motifs is 1. The molecule has 0 atom stereocenters. The molecule has 0 spiro atoms. The van der Waals surface area contributed by atoms with Gasteiger partial charge in [0.2, 0.25) is 0 Å². The third kappa shape index (κ3) is 3.45. The normalized spacial score (nSPS) is 12.0. The Labute approximate surface area is 138 Å². The summed E-state index contributed by atoms with van der Waals surface area (Å²) in [6.07, 6.45) is 0.823. The van der Waals surface area contributed by atoms with E-state index < -0.39 is 0 Å². The Kier molecular flexibility index (Phi) is 3.99. The minimum atomic E-state index is -0.280. The molecule has 0 aliphatic heterocycles. The van der Waals surface area contributed by atoms with Gasteiger partial charge >= 0.3 is 0 Å². The van der Waals surface area contributed by atoms with Gasteiger partial charge in [-0.15, -0.1) is 0 Å². The van der Waals surface area contributed by atoms with Gasteiger partial charge in [0.05, 0.1) is 11.0 Å². The van der Waals surface area contributed by atoms with E-state index in [0.29, 0.717) is 0 Å². The minimum absolute atomic E-state index is 0.280. The lowest BCUT2D eigenvalue weighted by atomic mass is 10.1. The van der Waals surface area contributed by atoms with E-state index in [4.69, 9.17) is 10.7 Å². The van der Waals surface area contributed by atoms with Crippen molar-refractivity contribution in [1.29, 1.82) is 0 Å². The first-order chi connectivity index (χ1) is 10.8. The number of aromatic nitrogens is 2. The van der Waals surface area contributed by atoms with Gasteiger partial charge < -0.3 is 10.3 Å². The highest BCUT2D eigenvalue weighted by Gasteiger charge is 2.18. The van der Waals surface area contributed by atoms with Crippen molar-refractivity contribution in [3.05, 3.63) is 65.0 Å². The summed E-state index contributed by atoms with van der Waals surface area (Å²) in [4.78, 5) is 4.90. The van der Waals surface area contributed by atoms with Crippen LogP contribution in [0.5, 0.6) is 0 Å². The van der Waals surface area contributed by atoms with Crippen molar-refractivity contribution in [3.63, 3.8) is 0 Å². The van der Waals surface area contributed by atoms with Crippen LogP contribution in [0.15, 0.2) is 42.5 Å². The summed E-state index contributed by atoms with van der Waals surface area (Å²) in [5.74, 6) is 1.08. The van der Waals surface area contributed by atoms with Crippen molar-refractivity contribution in [3.8, 4) is 0 Å². The molecule has 0 fully saturated rings. The molecule has 2 N–H and O–H groups in total. The van der Waals surface area contributed by atoms with Crippen molar-refractivity contribution in [2.24, 2.45) is 5.73 Å². The molecule has 0 saturated carbocycles. The summed E-state index contributed by atoms with van der Waals surface area (Å²) < 4.78 is 2.29. The van der Waals surface area contributed by atoms with Gasteiger partial charge in [0.15, 0.2) is 0 Å². The smallest absolute Gasteiger partial charge is 0.114 e. The van der Waals surface area contributed by atoms with Gasteiger partial charge in [-0.3, -0.25) is 0 Å². The Morgan fingerprint density at radius 3 is 2.35 bits per heavy atom. The van der Waals surface area contributed by atoms with Crippen molar-refractivity contribution in [1.82, 2.24) is 9.55 Å². The van der Waals surface area contributed by atoms with E-state index in [0.717, 1.165) is 24.3 Å². The Bertz CT molecular complexity index is 823. The molecule has 0 bridgehead atoms. The lowest BCUT2D eigenvalue weighted by Gasteiger charge is -2.21. The number of hydrogen-bond acceptors (Lipinski definition) is 2. The Hall–Kier alpha value is -2.13. The zero-order valence-corrected chi connectivity index (χ0v) is 14.4. The van der Waals surface area contributed by atoms with Crippen LogP contribution in [0.25, 0.3) is 11.0 Å². The fraction of sp³-hybridized carbons (Fsp3) is 0.350. The molecule has 23 heavy (non-hydrogen) atoms. The van der Waals surface area contributed by atoms with Crippen LogP contribution in [0.2, 0.25) is 0 Å². The number of rotatable bonds is 4. The zero-order chi connectivity index (χ0) is 16.6. The van der Waals surface area contributed by atoms with Gasteiger partial charge in [0.1, 0.15) is 5.82 Å². The molecule has 0 saturated heterocycles. The van der Waals surface area contributed by atoms with Crippen molar-refractivity contribution in [2.45, 2.75) is 46.2 Å². The summed E-state index contributed by atoms with van der Waals surface area (Å²) in [5, 5.41) is 0. The molecule has 3 nitrogen and oxygen atoms in total. The summed E-state index contributed by atoms with van der Waals surface area (Å²) in [6.45, 7) is 9.17. The second-order valence-corrected chi connectivity index (χ2v) is 7.19. The predicted molar refractivity (Wildman–Crippen MR) is 96.7 cm³/mol. The highest BCUT2D eigenvalue weighted by molar-refractivity contribution is 5.78. The number of nitrogens with two attached hydrogens (primary N) is 1. The Morgan fingerprint density at radius 2 is 1.70 bits per heavy atom. The number of hydrogen-bond donors (Lipinski definition) is 1. The molecular weight excluding hydrogens is 282 g/mol. The first kappa shape index (κ1) is 15.8. The summed E-state index contributed by atoms with van der Waals surface area (Å²) >= 11 is 0. The van der Waals surface area contributed by atoms with Crippen LogP contribution in [-0.2, 0) is 13.0 Å². The molecule has 0 amide bonds. The topological polar surface area (TPSA) is 43.8 Å². The quantitative estimate of drug-likeness (QED) is 0.792. The van der Waals surface area contributed by atoms with Crippen LogP contribution < -0.4 is 5.73 Å². The monoisotopic (exact) mass is 307 g/mol. The lowest BCUT2D eigenvalue weighted by Crippen LogP contribution is -2.37. The molecule has 3 rings (SSSR count). The van der Waals surface area contributed by atoms with E-state index in [1.807, 2.05) is 6.07 Å². The molecule has 2 aromatic carbocycles. The average Bonchev–Trinajstić information content (AvgIpc) is 2.76. The number of aryl methyl sites for hydroxylation is 2. The second kappa shape index (κ2) is 5.82. The minimum Gasteiger partial charge on any atom is -0.326 e. The van der Waals surface area contributed by atoms with Gasteiger partial charge in [0, 0.05) is 18.5 Å². The van der Waals surface area contributed by atoms with Crippen LogP contribution in [0.4, 0.5) is 0 Å². The predicted octanol–water partition coefficient (Wildman–Crippen LogP) is 3.98. The largest absolute Gasteiger partial charge is 0.326 e. The molecule has 0 aliphatic carbocycles. The SMILES string of the molecule is Cc1cc2nc(Cc3ccccc3)n(CC(C)(C)N)c2cc1C. The third-order valence-corrected chi connectivity index (χ3v) is 4.21. The molecule has 0 radical (unpaired) electrons. The van der Waals surface area contributed by atoms with E-state index in [1.165, 1.54) is 22.2 Å². The first-order valence-electron chi connectivity index (χ1n) is 8.13. The number of imidazole rings is 1. The summed E-state index contributed by atoms with van der Waals surface area (Å²) in [6, 6.07) is 14.9. The standard InChI is InChI=1S/C20H25N3/c1-14-10-17-18(11-15(14)2)23(13-20(3,4)21)19(22-17)12-16-8-6-5-7-9-16/h5-11H,12-13,21H2,1-4H3. The maximum atomic E-state index is 6.30. The van der Waals surface area contributed by atoms with E-state index in [-0.39, 0.29) is 5.54 Å². The van der Waals surface area contributed by atoms with Crippen molar-refractivity contribution in [2.75, 3.05) is 0 Å². The van der Waals surface area contributed by atoms with Crippen molar-refractivity contribution >= 4 is 11.0 Å². The fourth-order valence-corrected chi connectivity index (χ4v) is 2.93. The van der Waals surface area contributed by atoms with Gasteiger partial charge in [-0.05, 0) is 56.5 Å². The first-order valence-corrected chi connectivity index (χ1v) is 8.13. The van der Waals surface area contributed by atoms with Crippen LogP contribution >= 0.6 is 0 Å². The van der Waals surface area contributed by atoms with Crippen LogP contribution in [0.1, 0.15) is 36.4 Å². The van der Waals surface area contributed by atoms with Gasteiger partial charge in [-0.1, -0.05) is 30.3 Å². The third-order valence-electron chi connectivity index (χ3n) is 4.21. The molecule has 3 aromatic rings. The van der Waals surface area contributed by atoms with Crippen LogP contribution in [0, 0.1) is 13.8 Å². The zero-order valence-electron chi connectivity index (χ0n) is 14.4. The summed E-state index contributed by atoms with van der Waals surface area (Å²) in [5.41, 5.74) is 12.1. The number of nitrogens with zero attached hydrogens (tertiary/aromatic N) is 2. The van der Waals surface area contributed by atoms with Gasteiger partial charge in [0.25, 0.3) is 0 Å².